The van der Waals surface area contributed by atoms with Crippen molar-refractivity contribution < 1.29 is 23.8 Å². The monoisotopic (exact) mass is 271 g/mol. The van der Waals surface area contributed by atoms with Crippen LogP contribution in [0, 0.1) is 12.7 Å². The molecule has 0 fully saturated rings. The zero-order valence-electron chi connectivity index (χ0n) is 11.2. The highest BCUT2D eigenvalue weighted by Crippen LogP contribution is 2.38. The second-order valence-electron chi connectivity index (χ2n) is 4.18. The summed E-state index contributed by atoms with van der Waals surface area (Å²) in [6, 6.07) is 0.703. The predicted molar refractivity (Wildman–Crippen MR) is 68.0 cm³/mol. The van der Waals surface area contributed by atoms with Gasteiger partial charge in [-0.05, 0) is 30.5 Å². The quantitative estimate of drug-likeness (QED) is 0.827. The number of methoxy groups -OCH3 is 2. The number of aliphatic carboxylic acids is 1. The second-order valence-corrected chi connectivity index (χ2v) is 4.18. The Morgan fingerprint density at radius 2 is 2.00 bits per heavy atom. The average Bonchev–Trinajstić information content (AvgIpc) is 2.37. The number of carboxylic acid groups (broad SMARTS) is 1. The van der Waals surface area contributed by atoms with Gasteiger partial charge in [-0.3, -0.25) is 4.79 Å². The number of benzene rings is 1. The van der Waals surface area contributed by atoms with E-state index in [0.29, 0.717) is 11.1 Å². The molecule has 1 unspecified atom stereocenters. The third-order valence-corrected chi connectivity index (χ3v) is 2.96. The largest absolute Gasteiger partial charge is 0.492 e. The first-order valence-electron chi connectivity index (χ1n) is 5.80. The maximum absolute atomic E-state index is 13.9. The molecule has 0 aliphatic heterocycles. The minimum atomic E-state index is -0.936. The molecule has 0 aliphatic carbocycles. The first-order chi connectivity index (χ1) is 8.92. The molecule has 0 saturated heterocycles. The first kappa shape index (κ1) is 15.2. The van der Waals surface area contributed by atoms with Crippen LogP contribution in [0.4, 0.5) is 4.39 Å². The molecule has 0 bridgehead atoms. The topological polar surface area (TPSA) is 81.8 Å². The van der Waals surface area contributed by atoms with E-state index in [1.54, 1.807) is 6.92 Å². The van der Waals surface area contributed by atoms with Crippen LogP contribution in [0.5, 0.6) is 11.5 Å². The number of hydrogen-bond acceptors (Lipinski definition) is 4. The Labute approximate surface area is 111 Å². The van der Waals surface area contributed by atoms with Crippen molar-refractivity contribution in [2.75, 3.05) is 14.2 Å². The molecule has 19 heavy (non-hydrogen) atoms. The highest BCUT2D eigenvalue weighted by molar-refractivity contribution is 5.66. The van der Waals surface area contributed by atoms with Gasteiger partial charge in [0.05, 0.1) is 14.2 Å². The van der Waals surface area contributed by atoms with Crippen LogP contribution in [0.25, 0.3) is 0 Å². The summed E-state index contributed by atoms with van der Waals surface area (Å²) in [5.41, 5.74) is 7.08. The Hall–Kier alpha value is -1.82. The second kappa shape index (κ2) is 6.38. The van der Waals surface area contributed by atoms with E-state index in [2.05, 4.69) is 0 Å². The molecule has 3 N–H and O–H groups in total. The molecule has 1 aromatic rings. The minimum absolute atomic E-state index is 0.0224. The van der Waals surface area contributed by atoms with Crippen molar-refractivity contribution >= 4 is 5.97 Å². The van der Waals surface area contributed by atoms with Crippen molar-refractivity contribution in [2.24, 2.45) is 5.73 Å². The summed E-state index contributed by atoms with van der Waals surface area (Å²) in [6.07, 6.45) is 0.154. The minimum Gasteiger partial charge on any atom is -0.492 e. The van der Waals surface area contributed by atoms with Crippen molar-refractivity contribution in [3.05, 3.63) is 23.0 Å². The summed E-state index contributed by atoms with van der Waals surface area (Å²) in [4.78, 5) is 10.5. The summed E-state index contributed by atoms with van der Waals surface area (Å²) >= 11 is 0. The van der Waals surface area contributed by atoms with E-state index in [1.807, 2.05) is 0 Å². The van der Waals surface area contributed by atoms with E-state index in [-0.39, 0.29) is 24.3 Å². The molecule has 0 amide bonds. The zero-order chi connectivity index (χ0) is 14.6. The van der Waals surface area contributed by atoms with Crippen molar-refractivity contribution in [1.29, 1.82) is 0 Å². The average molecular weight is 271 g/mol. The Bertz CT molecular complexity index is 476. The molecular formula is C13H18FNO4. The number of nitrogens with two attached hydrogens (primary N) is 1. The van der Waals surface area contributed by atoms with Crippen LogP contribution in [-0.2, 0) is 4.79 Å². The molecular weight excluding hydrogens is 253 g/mol. The number of rotatable bonds is 6. The molecule has 6 heteroatoms. The summed E-state index contributed by atoms with van der Waals surface area (Å²) in [6.45, 7) is 1.73. The maximum Gasteiger partial charge on any atom is 0.303 e. The lowest BCUT2D eigenvalue weighted by Gasteiger charge is -2.19. The molecule has 106 valence electrons. The first-order valence-corrected chi connectivity index (χ1v) is 5.80. The molecule has 0 heterocycles. The zero-order valence-corrected chi connectivity index (χ0v) is 11.2. The number of ether oxygens (including phenoxy) is 2. The van der Waals surface area contributed by atoms with Gasteiger partial charge >= 0.3 is 5.97 Å². The Morgan fingerprint density at radius 1 is 1.42 bits per heavy atom. The Balaban J connectivity index is 3.15. The van der Waals surface area contributed by atoms with E-state index in [4.69, 9.17) is 20.3 Å². The van der Waals surface area contributed by atoms with Crippen LogP contribution in [0.2, 0.25) is 0 Å². The van der Waals surface area contributed by atoms with Gasteiger partial charge in [-0.15, -0.1) is 0 Å². The molecule has 0 aliphatic rings. The molecule has 1 atom stereocenters. The van der Waals surface area contributed by atoms with Gasteiger partial charge in [0.15, 0.2) is 17.3 Å². The smallest absolute Gasteiger partial charge is 0.303 e. The summed E-state index contributed by atoms with van der Waals surface area (Å²) in [7, 11) is 2.77. The molecule has 0 radical (unpaired) electrons. The number of halogens is 1. The van der Waals surface area contributed by atoms with Crippen LogP contribution in [0.3, 0.4) is 0 Å². The van der Waals surface area contributed by atoms with Gasteiger partial charge in [-0.25, -0.2) is 4.39 Å². The fourth-order valence-electron chi connectivity index (χ4n) is 1.98. The molecule has 0 aromatic heterocycles. The van der Waals surface area contributed by atoms with Crippen molar-refractivity contribution in [2.45, 2.75) is 25.8 Å². The van der Waals surface area contributed by atoms with E-state index in [9.17, 15) is 9.18 Å². The predicted octanol–water partition coefficient (Wildman–Crippen LogP) is 2.02. The fourth-order valence-corrected chi connectivity index (χ4v) is 1.98. The van der Waals surface area contributed by atoms with Crippen molar-refractivity contribution in [1.82, 2.24) is 0 Å². The van der Waals surface area contributed by atoms with Gasteiger partial charge in [0.1, 0.15) is 0 Å². The molecule has 1 aromatic carbocycles. The SMILES string of the molecule is COc1c(F)cc(C(N)CCC(=O)O)c(C)c1OC. The lowest BCUT2D eigenvalue weighted by Crippen LogP contribution is -2.15. The van der Waals surface area contributed by atoms with E-state index >= 15 is 0 Å². The summed E-state index contributed by atoms with van der Waals surface area (Å²) < 4.78 is 23.9. The van der Waals surface area contributed by atoms with Gasteiger partial charge < -0.3 is 20.3 Å². The third kappa shape index (κ3) is 3.35. The molecule has 0 spiro atoms. The Kier molecular flexibility index (Phi) is 5.11. The molecule has 5 nitrogen and oxygen atoms in total. The van der Waals surface area contributed by atoms with Crippen LogP contribution < -0.4 is 15.2 Å². The number of carbonyl (C=O) groups is 1. The highest BCUT2D eigenvalue weighted by Gasteiger charge is 2.20. The van der Waals surface area contributed by atoms with E-state index < -0.39 is 17.8 Å². The van der Waals surface area contributed by atoms with Gasteiger partial charge in [-0.1, -0.05) is 0 Å². The van der Waals surface area contributed by atoms with E-state index in [1.165, 1.54) is 20.3 Å². The third-order valence-electron chi connectivity index (χ3n) is 2.96. The van der Waals surface area contributed by atoms with Crippen LogP contribution >= 0.6 is 0 Å². The lowest BCUT2D eigenvalue weighted by atomic mass is 9.97. The van der Waals surface area contributed by atoms with Gasteiger partial charge in [0.2, 0.25) is 0 Å². The van der Waals surface area contributed by atoms with Crippen LogP contribution in [-0.4, -0.2) is 25.3 Å². The summed E-state index contributed by atoms with van der Waals surface area (Å²) in [5, 5.41) is 8.64. The number of hydrogen-bond donors (Lipinski definition) is 2. The number of carboxylic acids is 1. The molecule has 1 rings (SSSR count). The van der Waals surface area contributed by atoms with Gasteiger partial charge in [0, 0.05) is 12.5 Å². The summed E-state index contributed by atoms with van der Waals surface area (Å²) in [5.74, 6) is -1.21. The van der Waals surface area contributed by atoms with Gasteiger partial charge in [0.25, 0.3) is 0 Å². The highest BCUT2D eigenvalue weighted by atomic mass is 19.1. The molecule has 0 saturated carbocycles. The van der Waals surface area contributed by atoms with Crippen molar-refractivity contribution in [3.8, 4) is 11.5 Å². The fraction of sp³-hybridized carbons (Fsp3) is 0.462. The van der Waals surface area contributed by atoms with Crippen LogP contribution in [0.15, 0.2) is 6.07 Å². The lowest BCUT2D eigenvalue weighted by molar-refractivity contribution is -0.137. The van der Waals surface area contributed by atoms with E-state index in [0.717, 1.165) is 0 Å². The standard InChI is InChI=1S/C13H18FNO4/c1-7-8(10(15)4-5-11(16)17)6-9(14)13(19-3)12(7)18-2/h6,10H,4-5,15H2,1-3H3,(H,16,17). The Morgan fingerprint density at radius 3 is 2.47 bits per heavy atom. The maximum atomic E-state index is 13.9. The van der Waals surface area contributed by atoms with Gasteiger partial charge in [-0.2, -0.15) is 0 Å². The normalized spacial score (nSPS) is 12.1. The van der Waals surface area contributed by atoms with Crippen LogP contribution in [0.1, 0.15) is 30.0 Å². The van der Waals surface area contributed by atoms with Crippen molar-refractivity contribution in [3.63, 3.8) is 0 Å².